The highest BCUT2D eigenvalue weighted by Gasteiger charge is 2.69. The molecule has 0 bridgehead atoms. The van der Waals surface area contributed by atoms with E-state index in [1.54, 1.807) is 0 Å². The van der Waals surface area contributed by atoms with E-state index in [0.717, 1.165) is 21.9 Å². The SMILES string of the molecule is CC1(C)O[C@H]2[C@@H](O1)[C@]1(OCC3=C([Si](C)(C)C)C(=O)C(c4ccccc4)=C31)O[C@@H]2CO[Si](C)(C)C(C)(C)C. The van der Waals surface area contributed by atoms with Crippen LogP contribution in [0.5, 0.6) is 0 Å². The zero-order valence-corrected chi connectivity index (χ0v) is 26.0. The number of carbonyl (C=O) groups excluding carboxylic acids is 1. The van der Waals surface area contributed by atoms with Crippen molar-refractivity contribution in [2.24, 2.45) is 0 Å². The van der Waals surface area contributed by atoms with Gasteiger partial charge in [-0.2, -0.15) is 0 Å². The third-order valence-electron chi connectivity index (χ3n) is 8.51. The predicted octanol–water partition coefficient (Wildman–Crippen LogP) is 5.86. The number of rotatable bonds is 5. The fraction of sp³-hybridized carbons (Fsp3) is 0.621. The maximum absolute atomic E-state index is 14.1. The highest BCUT2D eigenvalue weighted by atomic mass is 28.4. The van der Waals surface area contributed by atoms with E-state index in [0.29, 0.717) is 18.8 Å². The molecule has 37 heavy (non-hydrogen) atoms. The van der Waals surface area contributed by atoms with Crippen molar-refractivity contribution in [2.75, 3.05) is 13.2 Å². The van der Waals surface area contributed by atoms with E-state index in [1.807, 2.05) is 44.2 Å². The van der Waals surface area contributed by atoms with Crippen LogP contribution in [-0.2, 0) is 28.2 Å². The van der Waals surface area contributed by atoms with Gasteiger partial charge < -0.3 is 23.4 Å². The fourth-order valence-corrected chi connectivity index (χ4v) is 8.70. The van der Waals surface area contributed by atoms with Gasteiger partial charge in [-0.25, -0.2) is 0 Å². The van der Waals surface area contributed by atoms with E-state index in [1.165, 1.54) is 0 Å². The first-order valence-corrected chi connectivity index (χ1v) is 19.8. The van der Waals surface area contributed by atoms with Crippen LogP contribution in [-0.4, -0.2) is 65.3 Å². The summed E-state index contributed by atoms with van der Waals surface area (Å²) in [6.07, 6.45) is -1.25. The molecule has 4 aliphatic rings. The van der Waals surface area contributed by atoms with Crippen molar-refractivity contribution in [3.05, 3.63) is 52.2 Å². The van der Waals surface area contributed by atoms with Crippen molar-refractivity contribution in [3.8, 4) is 0 Å². The number of carbonyl (C=O) groups is 1. The molecule has 3 saturated heterocycles. The third-order valence-corrected chi connectivity index (χ3v) is 15.0. The van der Waals surface area contributed by atoms with Crippen molar-refractivity contribution >= 4 is 27.7 Å². The number of benzene rings is 1. The van der Waals surface area contributed by atoms with Gasteiger partial charge in [-0.1, -0.05) is 70.7 Å². The van der Waals surface area contributed by atoms with Crippen LogP contribution >= 0.6 is 0 Å². The summed E-state index contributed by atoms with van der Waals surface area (Å²) in [6.45, 7) is 22.4. The van der Waals surface area contributed by atoms with Crippen LogP contribution in [0.25, 0.3) is 5.57 Å². The van der Waals surface area contributed by atoms with Gasteiger partial charge in [0.05, 0.1) is 21.3 Å². The second-order valence-corrected chi connectivity index (χ2v) is 23.6. The summed E-state index contributed by atoms with van der Waals surface area (Å²) in [7, 11) is -4.02. The van der Waals surface area contributed by atoms with Crippen LogP contribution in [0.4, 0.5) is 0 Å². The zero-order chi connectivity index (χ0) is 27.2. The lowest BCUT2D eigenvalue weighted by Crippen LogP contribution is -2.45. The molecule has 0 aromatic heterocycles. The maximum Gasteiger partial charge on any atom is 0.226 e. The number of allylic oxidation sites excluding steroid dienone is 2. The highest BCUT2D eigenvalue weighted by molar-refractivity contribution is 6.89. The van der Waals surface area contributed by atoms with Gasteiger partial charge >= 0.3 is 0 Å². The number of fused-ring (bicyclic) bond motifs is 4. The molecule has 5 rings (SSSR count). The normalized spacial score (nSPS) is 31.6. The minimum absolute atomic E-state index is 0.0713. The van der Waals surface area contributed by atoms with Crippen molar-refractivity contribution in [1.29, 1.82) is 0 Å². The molecule has 3 heterocycles. The zero-order valence-electron chi connectivity index (χ0n) is 24.0. The smallest absolute Gasteiger partial charge is 0.226 e. The molecular formula is C29H42O6Si2. The lowest BCUT2D eigenvalue weighted by Gasteiger charge is -2.37. The Kier molecular flexibility index (Phi) is 6.28. The van der Waals surface area contributed by atoms with Crippen LogP contribution in [0.2, 0.25) is 37.8 Å². The molecule has 1 aromatic carbocycles. The number of hydrogen-bond acceptors (Lipinski definition) is 6. The molecule has 0 unspecified atom stereocenters. The average Bonchev–Trinajstić information content (AvgIpc) is 3.45. The molecule has 1 aromatic rings. The minimum Gasteiger partial charge on any atom is -0.414 e. The summed E-state index contributed by atoms with van der Waals surface area (Å²) >= 11 is 0. The molecular weight excluding hydrogens is 500 g/mol. The van der Waals surface area contributed by atoms with Gasteiger partial charge in [0.2, 0.25) is 5.79 Å². The molecule has 1 spiro atoms. The second-order valence-electron chi connectivity index (χ2n) is 13.8. The molecule has 3 aliphatic heterocycles. The largest absolute Gasteiger partial charge is 0.414 e. The molecule has 4 atom stereocenters. The summed E-state index contributed by atoms with van der Waals surface area (Å²) in [5.41, 5.74) is 3.40. The standard InChI is InChI=1S/C29H42O6Si2/c1-27(2,3)37(9,10)32-17-20-24-26(35-28(4,5)34-24)29(33-20)22-19(16-31-29)25(36(6,7)8)23(30)21(22)18-14-12-11-13-15-18/h11-15,20,24,26H,16-17H2,1-10H3/t20-,24-,26-,29-/m1/s1. The van der Waals surface area contributed by atoms with Crippen LogP contribution < -0.4 is 0 Å². The van der Waals surface area contributed by atoms with Gasteiger partial charge in [0.15, 0.2) is 19.9 Å². The summed E-state index contributed by atoms with van der Waals surface area (Å²) in [5, 5.41) is 1.000. The molecule has 0 radical (unpaired) electrons. The average molecular weight is 543 g/mol. The highest BCUT2D eigenvalue weighted by Crippen LogP contribution is 2.58. The summed E-state index contributed by atoms with van der Waals surface area (Å²) in [4.78, 5) is 14.1. The van der Waals surface area contributed by atoms with E-state index in [-0.39, 0.29) is 23.0 Å². The minimum atomic E-state index is -2.03. The number of hydrogen-bond donors (Lipinski definition) is 0. The Bertz CT molecular complexity index is 1170. The molecule has 6 nitrogen and oxygen atoms in total. The lowest BCUT2D eigenvalue weighted by molar-refractivity contribution is -0.264. The van der Waals surface area contributed by atoms with E-state index in [2.05, 4.69) is 53.5 Å². The summed E-state index contributed by atoms with van der Waals surface area (Å²) in [6, 6.07) is 9.90. The maximum atomic E-state index is 14.1. The predicted molar refractivity (Wildman–Crippen MR) is 149 cm³/mol. The van der Waals surface area contributed by atoms with Gasteiger partial charge in [0, 0.05) is 11.1 Å². The van der Waals surface area contributed by atoms with Crippen LogP contribution in [0.15, 0.2) is 46.7 Å². The van der Waals surface area contributed by atoms with Crippen LogP contribution in [0.1, 0.15) is 40.2 Å². The monoisotopic (exact) mass is 542 g/mol. The third kappa shape index (κ3) is 4.29. The van der Waals surface area contributed by atoms with Crippen molar-refractivity contribution in [1.82, 2.24) is 0 Å². The lowest BCUT2D eigenvalue weighted by atomic mass is 9.90. The van der Waals surface area contributed by atoms with E-state index in [4.69, 9.17) is 23.4 Å². The van der Waals surface area contributed by atoms with Crippen molar-refractivity contribution < 1.29 is 28.2 Å². The van der Waals surface area contributed by atoms with E-state index >= 15 is 0 Å². The van der Waals surface area contributed by atoms with Gasteiger partial charge in [-0.3, -0.25) is 4.79 Å². The fourth-order valence-electron chi connectivity index (χ4n) is 5.77. The van der Waals surface area contributed by atoms with Gasteiger partial charge in [-0.15, -0.1) is 0 Å². The van der Waals surface area contributed by atoms with Crippen molar-refractivity contribution in [3.63, 3.8) is 0 Å². The molecule has 0 N–H and O–H groups in total. The van der Waals surface area contributed by atoms with Crippen LogP contribution in [0, 0.1) is 0 Å². The quantitative estimate of drug-likeness (QED) is 0.434. The Balaban J connectivity index is 1.62. The Morgan fingerprint density at radius 2 is 1.65 bits per heavy atom. The van der Waals surface area contributed by atoms with Gasteiger partial charge in [-0.05, 0) is 48.3 Å². The van der Waals surface area contributed by atoms with E-state index < -0.39 is 34.1 Å². The van der Waals surface area contributed by atoms with Crippen LogP contribution in [0.3, 0.4) is 0 Å². The van der Waals surface area contributed by atoms with Gasteiger partial charge in [0.25, 0.3) is 0 Å². The first kappa shape index (κ1) is 27.2. The first-order valence-electron chi connectivity index (χ1n) is 13.4. The molecule has 202 valence electrons. The number of ether oxygens (including phenoxy) is 4. The Morgan fingerprint density at radius 1 is 1.00 bits per heavy atom. The topological polar surface area (TPSA) is 63.2 Å². The van der Waals surface area contributed by atoms with Crippen molar-refractivity contribution in [2.45, 2.75) is 102 Å². The summed E-state index contributed by atoms with van der Waals surface area (Å²) in [5.74, 6) is -1.90. The molecule has 1 aliphatic carbocycles. The van der Waals surface area contributed by atoms with E-state index in [9.17, 15) is 4.79 Å². The molecule has 8 heteroatoms. The summed E-state index contributed by atoms with van der Waals surface area (Å²) < 4.78 is 33.0. The second kappa shape index (κ2) is 8.55. The Labute approximate surface area is 223 Å². The number of ketones is 1. The molecule has 0 saturated carbocycles. The van der Waals surface area contributed by atoms with Gasteiger partial charge in [0.1, 0.15) is 18.3 Å². The molecule has 3 fully saturated rings. The Morgan fingerprint density at radius 3 is 2.24 bits per heavy atom. The number of Topliss-reactive ketones (excluding diaryl/α,β-unsaturated/α-hetero) is 1. The first-order chi connectivity index (χ1) is 17.0. The molecule has 0 amide bonds. The Hall–Kier alpha value is -1.40.